The van der Waals surface area contributed by atoms with Crippen LogP contribution in [0.1, 0.15) is 73.4 Å². The number of amides is 2. The van der Waals surface area contributed by atoms with Crippen molar-refractivity contribution in [1.29, 1.82) is 0 Å². The van der Waals surface area contributed by atoms with E-state index >= 15 is 0 Å². The zero-order chi connectivity index (χ0) is 34.1. The minimum Gasteiger partial charge on any atom is -0.487 e. The number of hydrogen-bond donors (Lipinski definition) is 2. The van der Waals surface area contributed by atoms with Gasteiger partial charge in [0.25, 0.3) is 5.91 Å². The molecule has 12 heteroatoms. The highest BCUT2D eigenvalue weighted by atomic mass is 35.5. The van der Waals surface area contributed by atoms with Gasteiger partial charge in [-0.05, 0) is 105 Å². The SMILES string of the molecule is CC[C@@H]1CC/C=C/[C@H](OCC(=O)NCCOC)[C@@H]2CC[C@H]2CN2CCCCc3cc(Cl)ccc3COc3ccc(cc32)C(=O)NS1(=O)=O. The Morgan fingerprint density at radius 2 is 1.98 bits per heavy atom. The topological polar surface area (TPSA) is 123 Å². The quantitative estimate of drug-likeness (QED) is 0.290. The molecule has 1 saturated carbocycles. The molecule has 2 N–H and O–H groups in total. The Morgan fingerprint density at radius 3 is 2.75 bits per heavy atom. The molecule has 48 heavy (non-hydrogen) atoms. The number of rotatable bonds is 7. The van der Waals surface area contributed by atoms with Crippen molar-refractivity contribution >= 4 is 39.1 Å². The molecule has 0 saturated heterocycles. The molecule has 4 atom stereocenters. The molecule has 3 aliphatic rings. The van der Waals surface area contributed by atoms with Gasteiger partial charge in [-0.1, -0.05) is 36.7 Å². The van der Waals surface area contributed by atoms with Crippen LogP contribution in [0.2, 0.25) is 5.02 Å². The molecule has 1 aliphatic carbocycles. The first kappa shape index (κ1) is 36.2. The normalized spacial score (nSPS) is 25.1. The summed E-state index contributed by atoms with van der Waals surface area (Å²) in [7, 11) is -2.35. The predicted octanol–water partition coefficient (Wildman–Crippen LogP) is 5.42. The second-order valence-corrected chi connectivity index (χ2v) is 15.3. The summed E-state index contributed by atoms with van der Waals surface area (Å²) in [5.41, 5.74) is 3.24. The van der Waals surface area contributed by atoms with Gasteiger partial charge in [-0.15, -0.1) is 0 Å². The number of carbonyl (C=O) groups excluding carboxylic acids is 2. The molecule has 2 aliphatic heterocycles. The van der Waals surface area contributed by atoms with Gasteiger partial charge in [-0.2, -0.15) is 0 Å². The largest absolute Gasteiger partial charge is 0.487 e. The molecular formula is C36H48ClN3O7S. The van der Waals surface area contributed by atoms with E-state index in [-0.39, 0.29) is 36.0 Å². The molecule has 2 amide bonds. The first-order valence-electron chi connectivity index (χ1n) is 17.1. The van der Waals surface area contributed by atoms with Crippen molar-refractivity contribution < 1.29 is 32.2 Å². The van der Waals surface area contributed by atoms with Crippen molar-refractivity contribution in [3.05, 3.63) is 70.3 Å². The molecule has 1 fully saturated rings. The van der Waals surface area contributed by atoms with Gasteiger partial charge in [0.1, 0.15) is 19.0 Å². The molecular weight excluding hydrogens is 654 g/mol. The number of anilines is 1. The Hall–Kier alpha value is -3.12. The van der Waals surface area contributed by atoms with Crippen LogP contribution in [0.3, 0.4) is 0 Å². The lowest BCUT2D eigenvalue weighted by molar-refractivity contribution is -0.129. The molecule has 10 nitrogen and oxygen atoms in total. The van der Waals surface area contributed by atoms with Crippen LogP contribution in [-0.4, -0.2) is 71.5 Å². The minimum absolute atomic E-state index is 0.0751. The summed E-state index contributed by atoms with van der Waals surface area (Å²) in [5, 5.41) is 2.77. The van der Waals surface area contributed by atoms with Gasteiger partial charge < -0.3 is 24.4 Å². The number of halogens is 1. The fourth-order valence-electron chi connectivity index (χ4n) is 6.82. The number of fused-ring (bicyclic) bond motifs is 3. The van der Waals surface area contributed by atoms with Gasteiger partial charge in [0.15, 0.2) is 0 Å². The molecule has 0 spiro atoms. The standard InChI is InChI=1S/C36H48ClN3O7S/c1-3-30-9-4-5-10-33(47-24-35(41)38-17-19-45-2)31-15-12-27(31)22-40-18-7-6-8-25-20-29(37)14-11-28(25)23-46-34-16-13-26(21-32(34)40)36(42)39-48(30,43)44/h5,10-11,13-14,16,20-21,27,30-31,33H,3-4,6-9,12,15,17-19,22-24H2,1-2H3,(H,38,41)(H,39,42)/b10-5+/t27-,30+,31+,33-/m0/s1. The van der Waals surface area contributed by atoms with E-state index in [0.717, 1.165) is 55.5 Å². The third-order valence-electron chi connectivity index (χ3n) is 9.74. The summed E-state index contributed by atoms with van der Waals surface area (Å²) in [4.78, 5) is 28.3. The van der Waals surface area contributed by atoms with Crippen molar-refractivity contribution in [3.8, 4) is 5.75 Å². The second kappa shape index (κ2) is 17.0. The van der Waals surface area contributed by atoms with Crippen molar-refractivity contribution in [3.63, 3.8) is 0 Å². The van der Waals surface area contributed by atoms with E-state index in [0.29, 0.717) is 56.3 Å². The van der Waals surface area contributed by atoms with Gasteiger partial charge in [0.2, 0.25) is 15.9 Å². The molecule has 0 radical (unpaired) electrons. The number of sulfonamides is 1. The number of methoxy groups -OCH3 is 1. The van der Waals surface area contributed by atoms with Gasteiger partial charge in [0, 0.05) is 37.3 Å². The maximum absolute atomic E-state index is 13.4. The Labute approximate surface area is 289 Å². The molecule has 2 heterocycles. The van der Waals surface area contributed by atoms with Crippen LogP contribution in [-0.2, 0) is 37.3 Å². The molecule has 0 unspecified atom stereocenters. The Balaban J connectivity index is 1.48. The fraction of sp³-hybridized carbons (Fsp3) is 0.556. The number of benzene rings is 2. The number of carbonyl (C=O) groups is 2. The van der Waals surface area contributed by atoms with Crippen LogP contribution < -0.4 is 19.7 Å². The summed E-state index contributed by atoms with van der Waals surface area (Å²) in [6, 6.07) is 11.0. The number of ether oxygens (including phenoxy) is 3. The summed E-state index contributed by atoms with van der Waals surface area (Å²) < 4.78 is 46.8. The molecule has 5 rings (SSSR count). The van der Waals surface area contributed by atoms with Gasteiger partial charge in [-0.3, -0.25) is 9.59 Å². The summed E-state index contributed by atoms with van der Waals surface area (Å²) >= 11 is 6.34. The van der Waals surface area contributed by atoms with Crippen LogP contribution in [0.25, 0.3) is 0 Å². The number of aryl methyl sites for hydroxylation is 1. The molecule has 2 aromatic carbocycles. The van der Waals surface area contributed by atoms with Crippen LogP contribution in [0.15, 0.2) is 48.6 Å². The Kier molecular flexibility index (Phi) is 12.8. The predicted molar refractivity (Wildman–Crippen MR) is 187 cm³/mol. The van der Waals surface area contributed by atoms with E-state index in [9.17, 15) is 18.0 Å². The summed E-state index contributed by atoms with van der Waals surface area (Å²) in [6.07, 6.45) is 9.53. The van der Waals surface area contributed by atoms with Crippen LogP contribution >= 0.6 is 11.6 Å². The maximum Gasteiger partial charge on any atom is 0.264 e. The monoisotopic (exact) mass is 701 g/mol. The molecule has 2 bridgehead atoms. The highest BCUT2D eigenvalue weighted by molar-refractivity contribution is 7.90. The van der Waals surface area contributed by atoms with Crippen LogP contribution in [0, 0.1) is 11.8 Å². The summed E-state index contributed by atoms with van der Waals surface area (Å²) in [6.45, 7) is 4.33. The van der Waals surface area contributed by atoms with E-state index in [1.165, 1.54) is 0 Å². The molecule has 0 aromatic heterocycles. The smallest absolute Gasteiger partial charge is 0.264 e. The number of nitrogens with zero attached hydrogens (tertiary/aromatic N) is 1. The summed E-state index contributed by atoms with van der Waals surface area (Å²) in [5.74, 6) is 0.226. The lowest BCUT2D eigenvalue weighted by Crippen LogP contribution is -2.45. The zero-order valence-electron chi connectivity index (χ0n) is 27.9. The van der Waals surface area contributed by atoms with E-state index < -0.39 is 21.2 Å². The zero-order valence-corrected chi connectivity index (χ0v) is 29.5. The van der Waals surface area contributed by atoms with Crippen molar-refractivity contribution in [1.82, 2.24) is 10.0 Å². The number of nitrogens with one attached hydrogen (secondary N) is 2. The van der Waals surface area contributed by atoms with E-state index in [1.54, 1.807) is 25.3 Å². The van der Waals surface area contributed by atoms with Gasteiger partial charge in [0.05, 0.1) is 23.6 Å². The minimum atomic E-state index is -3.94. The Bertz CT molecular complexity index is 1570. The first-order valence-corrected chi connectivity index (χ1v) is 19.0. The third-order valence-corrected chi connectivity index (χ3v) is 11.9. The molecule has 2 aromatic rings. The second-order valence-electron chi connectivity index (χ2n) is 12.9. The van der Waals surface area contributed by atoms with E-state index in [4.69, 9.17) is 25.8 Å². The highest BCUT2D eigenvalue weighted by Crippen LogP contribution is 2.42. The lowest BCUT2D eigenvalue weighted by Gasteiger charge is -2.44. The van der Waals surface area contributed by atoms with Crippen molar-refractivity contribution in [2.24, 2.45) is 11.8 Å². The molecule has 262 valence electrons. The van der Waals surface area contributed by atoms with E-state index in [1.807, 2.05) is 37.3 Å². The lowest BCUT2D eigenvalue weighted by atomic mass is 9.70. The van der Waals surface area contributed by atoms with Crippen LogP contribution in [0.4, 0.5) is 5.69 Å². The van der Waals surface area contributed by atoms with Crippen molar-refractivity contribution in [2.75, 3.05) is 44.9 Å². The fourth-order valence-corrected chi connectivity index (χ4v) is 8.44. The first-order chi connectivity index (χ1) is 23.2. The van der Waals surface area contributed by atoms with Gasteiger partial charge in [-0.25, -0.2) is 13.1 Å². The van der Waals surface area contributed by atoms with Crippen LogP contribution in [0.5, 0.6) is 5.75 Å². The third kappa shape index (κ3) is 9.31. The average molecular weight is 702 g/mol. The maximum atomic E-state index is 13.4. The van der Waals surface area contributed by atoms with E-state index in [2.05, 4.69) is 14.9 Å². The number of hydrogen-bond acceptors (Lipinski definition) is 8. The van der Waals surface area contributed by atoms with Gasteiger partial charge >= 0.3 is 0 Å². The van der Waals surface area contributed by atoms with Crippen molar-refractivity contribution in [2.45, 2.75) is 76.3 Å². The number of allylic oxidation sites excluding steroid dienone is 1. The Morgan fingerprint density at radius 1 is 1.12 bits per heavy atom. The average Bonchev–Trinajstić information content (AvgIpc) is 3.07. The highest BCUT2D eigenvalue weighted by Gasteiger charge is 2.38.